The SMILES string of the molecule is CC=C(C)C(=O)OC1CC(C)c2c(c(O)c3occ(C)c3c2C)C1=O. The molecule has 0 fully saturated rings. The molecular formula is C20H22O5. The molecule has 1 aromatic heterocycles. The van der Waals surface area contributed by atoms with E-state index in [0.29, 0.717) is 17.6 Å². The summed E-state index contributed by atoms with van der Waals surface area (Å²) in [5.74, 6) is -1.07. The van der Waals surface area contributed by atoms with Gasteiger partial charge in [-0.25, -0.2) is 4.79 Å². The Hall–Kier alpha value is -2.56. The first-order chi connectivity index (χ1) is 11.8. The normalized spacial score (nSPS) is 20.7. The van der Waals surface area contributed by atoms with Crippen LogP contribution in [0.15, 0.2) is 22.3 Å². The van der Waals surface area contributed by atoms with Crippen molar-refractivity contribution >= 4 is 22.7 Å². The standard InChI is InChI=1S/C20H22O5/c1-6-9(2)20(23)25-13-7-10(3)14-12(5)15-11(4)8-24-19(15)18(22)16(14)17(13)21/h6,8,10,13,22H,7H2,1-5H3. The van der Waals surface area contributed by atoms with Gasteiger partial charge >= 0.3 is 5.97 Å². The van der Waals surface area contributed by atoms with Crippen molar-refractivity contribution in [1.82, 2.24) is 0 Å². The zero-order valence-electron chi connectivity index (χ0n) is 15.1. The van der Waals surface area contributed by atoms with Gasteiger partial charge in [-0.15, -0.1) is 0 Å². The van der Waals surface area contributed by atoms with Gasteiger partial charge in [0, 0.05) is 11.0 Å². The van der Waals surface area contributed by atoms with Crippen LogP contribution < -0.4 is 0 Å². The lowest BCUT2D eigenvalue weighted by molar-refractivity contribution is -0.142. The number of esters is 1. The summed E-state index contributed by atoms with van der Waals surface area (Å²) in [7, 11) is 0. The molecule has 2 aromatic rings. The van der Waals surface area contributed by atoms with E-state index in [2.05, 4.69) is 0 Å². The van der Waals surface area contributed by atoms with Crippen molar-refractivity contribution in [3.63, 3.8) is 0 Å². The molecule has 1 N–H and O–H groups in total. The number of rotatable bonds is 2. The average Bonchev–Trinajstić information content (AvgIpc) is 2.97. The van der Waals surface area contributed by atoms with Crippen molar-refractivity contribution in [3.05, 3.63) is 40.2 Å². The van der Waals surface area contributed by atoms with Gasteiger partial charge < -0.3 is 14.3 Å². The summed E-state index contributed by atoms with van der Waals surface area (Å²) in [5, 5.41) is 11.5. The Morgan fingerprint density at radius 2 is 2.08 bits per heavy atom. The molecule has 0 aliphatic heterocycles. The maximum atomic E-state index is 12.9. The van der Waals surface area contributed by atoms with Crippen LogP contribution in [0.4, 0.5) is 0 Å². The third-order valence-electron chi connectivity index (χ3n) is 5.08. The largest absolute Gasteiger partial charge is 0.504 e. The summed E-state index contributed by atoms with van der Waals surface area (Å²) in [6, 6.07) is 0. The number of furan rings is 1. The lowest BCUT2D eigenvalue weighted by Crippen LogP contribution is -2.34. The minimum atomic E-state index is -0.899. The van der Waals surface area contributed by atoms with Gasteiger partial charge in [0.2, 0.25) is 5.78 Å². The van der Waals surface area contributed by atoms with Gasteiger partial charge in [0.1, 0.15) is 0 Å². The quantitative estimate of drug-likeness (QED) is 0.649. The molecular weight excluding hydrogens is 320 g/mol. The van der Waals surface area contributed by atoms with E-state index < -0.39 is 12.1 Å². The summed E-state index contributed by atoms with van der Waals surface area (Å²) in [6.07, 6.45) is 2.72. The van der Waals surface area contributed by atoms with Crippen LogP contribution >= 0.6 is 0 Å². The number of allylic oxidation sites excluding steroid dienone is 1. The predicted octanol–water partition coefficient (Wildman–Crippen LogP) is 4.32. The van der Waals surface area contributed by atoms with E-state index in [1.807, 2.05) is 20.8 Å². The highest BCUT2D eigenvalue weighted by atomic mass is 16.5. The fraction of sp³-hybridized carbons (Fsp3) is 0.400. The lowest BCUT2D eigenvalue weighted by Gasteiger charge is -2.30. The number of phenols is 1. The van der Waals surface area contributed by atoms with Gasteiger partial charge in [-0.1, -0.05) is 13.0 Å². The van der Waals surface area contributed by atoms with E-state index in [9.17, 15) is 14.7 Å². The average molecular weight is 342 g/mol. The van der Waals surface area contributed by atoms with Crippen LogP contribution in [0.25, 0.3) is 11.0 Å². The second-order valence-electron chi connectivity index (χ2n) is 6.75. The Kier molecular flexibility index (Phi) is 4.19. The Morgan fingerprint density at radius 1 is 1.40 bits per heavy atom. The number of ketones is 1. The van der Waals surface area contributed by atoms with E-state index in [1.54, 1.807) is 26.2 Å². The number of hydrogen-bond acceptors (Lipinski definition) is 5. The molecule has 5 nitrogen and oxygen atoms in total. The van der Waals surface area contributed by atoms with Crippen LogP contribution in [0.3, 0.4) is 0 Å². The third-order valence-corrected chi connectivity index (χ3v) is 5.08. The van der Waals surface area contributed by atoms with Crippen LogP contribution in [0.2, 0.25) is 0 Å². The molecule has 132 valence electrons. The fourth-order valence-electron chi connectivity index (χ4n) is 3.66. The number of ether oxygens (including phenoxy) is 1. The number of aryl methyl sites for hydroxylation is 2. The van der Waals surface area contributed by atoms with Crippen molar-refractivity contribution in [1.29, 1.82) is 0 Å². The smallest absolute Gasteiger partial charge is 0.334 e. The number of phenolic OH excluding ortho intramolecular Hbond substituents is 1. The van der Waals surface area contributed by atoms with Crippen molar-refractivity contribution < 1.29 is 23.8 Å². The van der Waals surface area contributed by atoms with Crippen LogP contribution in [-0.4, -0.2) is 23.0 Å². The minimum Gasteiger partial charge on any atom is -0.504 e. The number of aromatic hydroxyl groups is 1. The molecule has 1 heterocycles. The highest BCUT2D eigenvalue weighted by Gasteiger charge is 2.39. The number of hydrogen-bond donors (Lipinski definition) is 1. The number of carbonyl (C=O) groups is 2. The maximum Gasteiger partial charge on any atom is 0.334 e. The molecule has 25 heavy (non-hydrogen) atoms. The summed E-state index contributed by atoms with van der Waals surface area (Å²) >= 11 is 0. The number of fused-ring (bicyclic) bond motifs is 2. The molecule has 1 aliphatic carbocycles. The lowest BCUT2D eigenvalue weighted by atomic mass is 9.77. The van der Waals surface area contributed by atoms with Gasteiger partial charge in [-0.3, -0.25) is 4.79 Å². The van der Waals surface area contributed by atoms with Gasteiger partial charge in [-0.05, 0) is 56.7 Å². The highest BCUT2D eigenvalue weighted by Crippen LogP contribution is 2.45. The van der Waals surface area contributed by atoms with Crippen molar-refractivity contribution in [2.45, 2.75) is 53.1 Å². The van der Waals surface area contributed by atoms with Gasteiger partial charge in [0.05, 0.1) is 11.8 Å². The van der Waals surface area contributed by atoms with Crippen LogP contribution in [0.5, 0.6) is 5.75 Å². The Bertz CT molecular complexity index is 916. The van der Waals surface area contributed by atoms with Crippen LogP contribution in [0.1, 0.15) is 60.2 Å². The van der Waals surface area contributed by atoms with E-state index in [0.717, 1.165) is 22.1 Å². The molecule has 0 amide bonds. The van der Waals surface area contributed by atoms with Gasteiger partial charge in [0.15, 0.2) is 17.4 Å². The molecule has 2 atom stereocenters. The number of benzene rings is 1. The van der Waals surface area contributed by atoms with Crippen molar-refractivity contribution in [2.24, 2.45) is 0 Å². The zero-order chi connectivity index (χ0) is 18.5. The van der Waals surface area contributed by atoms with Crippen LogP contribution in [-0.2, 0) is 9.53 Å². The third kappa shape index (κ3) is 2.54. The van der Waals surface area contributed by atoms with Gasteiger partial charge in [0.25, 0.3) is 0 Å². The van der Waals surface area contributed by atoms with Crippen molar-refractivity contribution in [3.8, 4) is 5.75 Å². The van der Waals surface area contributed by atoms with Crippen molar-refractivity contribution in [2.75, 3.05) is 0 Å². The molecule has 0 saturated carbocycles. The van der Waals surface area contributed by atoms with E-state index >= 15 is 0 Å². The summed E-state index contributed by atoms with van der Waals surface area (Å²) in [5.41, 5.74) is 3.64. The molecule has 2 unspecified atom stereocenters. The fourth-order valence-corrected chi connectivity index (χ4v) is 3.66. The Labute approximate surface area is 146 Å². The summed E-state index contributed by atoms with van der Waals surface area (Å²) in [6.45, 7) is 9.20. The first-order valence-corrected chi connectivity index (χ1v) is 8.39. The van der Waals surface area contributed by atoms with E-state index in [1.165, 1.54) is 0 Å². The monoisotopic (exact) mass is 342 g/mol. The summed E-state index contributed by atoms with van der Waals surface area (Å²) < 4.78 is 10.9. The molecule has 0 radical (unpaired) electrons. The molecule has 0 saturated heterocycles. The molecule has 1 aromatic carbocycles. The van der Waals surface area contributed by atoms with Gasteiger partial charge in [-0.2, -0.15) is 0 Å². The molecule has 0 spiro atoms. The van der Waals surface area contributed by atoms with E-state index in [-0.39, 0.29) is 23.0 Å². The molecule has 0 bridgehead atoms. The Morgan fingerprint density at radius 3 is 2.72 bits per heavy atom. The first kappa shape index (κ1) is 17.3. The zero-order valence-corrected chi connectivity index (χ0v) is 15.1. The first-order valence-electron chi connectivity index (χ1n) is 8.39. The molecule has 5 heteroatoms. The number of Topliss-reactive ketones (excluding diaryl/α,β-unsaturated/α-hetero) is 1. The number of carbonyl (C=O) groups excluding carboxylic acids is 2. The highest BCUT2D eigenvalue weighted by molar-refractivity contribution is 6.10. The molecule has 3 rings (SSSR count). The summed E-state index contributed by atoms with van der Waals surface area (Å²) in [4.78, 5) is 25.0. The molecule has 1 aliphatic rings. The second kappa shape index (κ2) is 6.06. The minimum absolute atomic E-state index is 0.0268. The topological polar surface area (TPSA) is 76.7 Å². The predicted molar refractivity (Wildman–Crippen MR) is 94.0 cm³/mol. The van der Waals surface area contributed by atoms with Crippen LogP contribution in [0, 0.1) is 13.8 Å². The maximum absolute atomic E-state index is 12.9. The van der Waals surface area contributed by atoms with E-state index in [4.69, 9.17) is 9.15 Å². The second-order valence-corrected chi connectivity index (χ2v) is 6.75. The Balaban J connectivity index is 2.13.